The summed E-state index contributed by atoms with van der Waals surface area (Å²) in [4.78, 5) is 1.42. The van der Waals surface area contributed by atoms with Crippen molar-refractivity contribution in [3.63, 3.8) is 0 Å². The molecule has 1 unspecified atom stereocenters. The average Bonchev–Trinajstić information content (AvgIpc) is 2.96. The van der Waals surface area contributed by atoms with Crippen LogP contribution in [0.4, 0.5) is 0 Å². The van der Waals surface area contributed by atoms with Gasteiger partial charge < -0.3 is 5.32 Å². The number of rotatable bonds is 4. The lowest BCUT2D eigenvalue weighted by atomic mass is 10.0. The van der Waals surface area contributed by atoms with E-state index < -0.39 is 0 Å². The molecule has 1 N–H and O–H groups in total. The Morgan fingerprint density at radius 2 is 2.00 bits per heavy atom. The van der Waals surface area contributed by atoms with Gasteiger partial charge in [0.05, 0.1) is 0 Å². The number of hydrogen-bond donors (Lipinski definition) is 1. The highest BCUT2D eigenvalue weighted by molar-refractivity contribution is 7.10. The molecule has 1 aromatic carbocycles. The predicted molar refractivity (Wildman–Crippen MR) is 83.4 cm³/mol. The molecule has 0 bridgehead atoms. The van der Waals surface area contributed by atoms with Crippen molar-refractivity contribution in [2.24, 2.45) is 0 Å². The van der Waals surface area contributed by atoms with Gasteiger partial charge in [0, 0.05) is 17.5 Å². The van der Waals surface area contributed by atoms with Crippen molar-refractivity contribution >= 4 is 11.3 Å². The van der Waals surface area contributed by atoms with Crippen molar-refractivity contribution in [3.05, 3.63) is 58.8 Å². The molecule has 1 aromatic heterocycles. The van der Waals surface area contributed by atoms with E-state index in [0.29, 0.717) is 6.04 Å². The summed E-state index contributed by atoms with van der Waals surface area (Å²) in [6.07, 6.45) is 8.25. The molecule has 0 saturated carbocycles. The van der Waals surface area contributed by atoms with E-state index in [1.165, 1.54) is 35.3 Å². The zero-order chi connectivity index (χ0) is 12.9. The second-order valence-electron chi connectivity index (χ2n) is 5.03. The van der Waals surface area contributed by atoms with Crippen LogP contribution >= 0.6 is 11.3 Å². The quantitative estimate of drug-likeness (QED) is 0.799. The summed E-state index contributed by atoms with van der Waals surface area (Å²) in [6, 6.07) is 13.6. The van der Waals surface area contributed by atoms with Crippen LogP contribution < -0.4 is 5.32 Å². The maximum absolute atomic E-state index is 3.66. The van der Waals surface area contributed by atoms with Crippen LogP contribution in [0.15, 0.2) is 53.9 Å². The average molecular weight is 269 g/mol. The Hall–Kier alpha value is -1.38. The largest absolute Gasteiger partial charge is 0.309 e. The molecule has 1 aliphatic rings. The van der Waals surface area contributed by atoms with Gasteiger partial charge in [0.2, 0.25) is 0 Å². The Labute approximate surface area is 119 Å². The van der Waals surface area contributed by atoms with E-state index in [1.807, 2.05) is 11.3 Å². The topological polar surface area (TPSA) is 12.0 Å². The summed E-state index contributed by atoms with van der Waals surface area (Å²) in [7, 11) is 0. The molecule has 2 heteroatoms. The lowest BCUT2D eigenvalue weighted by Gasteiger charge is -2.18. The summed E-state index contributed by atoms with van der Waals surface area (Å²) in [5.41, 5.74) is 2.65. The van der Waals surface area contributed by atoms with Gasteiger partial charge in [-0.3, -0.25) is 0 Å². The molecule has 1 aliphatic carbocycles. The second kappa shape index (κ2) is 6.18. The minimum atomic E-state index is 0.660. The molecule has 1 heterocycles. The minimum Gasteiger partial charge on any atom is -0.309 e. The second-order valence-corrected chi connectivity index (χ2v) is 6.03. The molecule has 0 spiro atoms. The van der Waals surface area contributed by atoms with Crippen LogP contribution in [0.25, 0.3) is 11.1 Å². The highest BCUT2D eigenvalue weighted by Gasteiger charge is 2.09. The third-order valence-electron chi connectivity index (χ3n) is 3.59. The van der Waals surface area contributed by atoms with E-state index in [2.05, 4.69) is 59.2 Å². The van der Waals surface area contributed by atoms with Gasteiger partial charge in [-0.2, -0.15) is 0 Å². The van der Waals surface area contributed by atoms with E-state index in [1.54, 1.807) is 0 Å². The highest BCUT2D eigenvalue weighted by atomic mass is 32.1. The zero-order valence-corrected chi connectivity index (χ0v) is 11.8. The molecule has 98 valence electrons. The monoisotopic (exact) mass is 269 g/mol. The SMILES string of the molecule is C1=CCC(NCc2cc(-c3ccccc3)cs2)CC1. The first-order valence-electron chi connectivity index (χ1n) is 6.93. The van der Waals surface area contributed by atoms with Crippen molar-refractivity contribution in [1.29, 1.82) is 0 Å². The fourth-order valence-electron chi connectivity index (χ4n) is 2.48. The van der Waals surface area contributed by atoms with Gasteiger partial charge in [-0.25, -0.2) is 0 Å². The van der Waals surface area contributed by atoms with Crippen molar-refractivity contribution < 1.29 is 0 Å². The molecule has 3 rings (SSSR count). The van der Waals surface area contributed by atoms with E-state index in [0.717, 1.165) is 6.54 Å². The van der Waals surface area contributed by atoms with Crippen molar-refractivity contribution in [2.45, 2.75) is 31.8 Å². The summed E-state index contributed by atoms with van der Waals surface area (Å²) < 4.78 is 0. The van der Waals surface area contributed by atoms with Crippen LogP contribution in [-0.4, -0.2) is 6.04 Å². The first kappa shape index (κ1) is 12.6. The van der Waals surface area contributed by atoms with E-state index in [4.69, 9.17) is 0 Å². The Morgan fingerprint density at radius 1 is 1.11 bits per heavy atom. The van der Waals surface area contributed by atoms with Gasteiger partial charge in [-0.15, -0.1) is 11.3 Å². The first-order chi connectivity index (χ1) is 9.42. The van der Waals surface area contributed by atoms with E-state index >= 15 is 0 Å². The van der Waals surface area contributed by atoms with Crippen LogP contribution in [0, 0.1) is 0 Å². The van der Waals surface area contributed by atoms with Crippen LogP contribution in [-0.2, 0) is 6.54 Å². The van der Waals surface area contributed by atoms with Gasteiger partial charge >= 0.3 is 0 Å². The molecular formula is C17H19NS. The molecule has 0 aliphatic heterocycles. The Kier molecular flexibility index (Phi) is 4.11. The molecule has 0 fully saturated rings. The molecule has 0 amide bonds. The molecule has 0 saturated heterocycles. The summed E-state index contributed by atoms with van der Waals surface area (Å²) >= 11 is 1.85. The summed E-state index contributed by atoms with van der Waals surface area (Å²) in [5.74, 6) is 0. The van der Waals surface area contributed by atoms with Crippen molar-refractivity contribution in [2.75, 3.05) is 0 Å². The van der Waals surface area contributed by atoms with Gasteiger partial charge in [0.1, 0.15) is 0 Å². The fraction of sp³-hybridized carbons (Fsp3) is 0.294. The van der Waals surface area contributed by atoms with Gasteiger partial charge in [-0.1, -0.05) is 42.5 Å². The van der Waals surface area contributed by atoms with E-state index in [9.17, 15) is 0 Å². The third kappa shape index (κ3) is 3.34. The lowest BCUT2D eigenvalue weighted by Crippen LogP contribution is -2.28. The molecule has 1 nitrogen and oxygen atoms in total. The Morgan fingerprint density at radius 3 is 2.79 bits per heavy atom. The Balaban J connectivity index is 1.60. The molecule has 2 aromatic rings. The fourth-order valence-corrected chi connectivity index (χ4v) is 3.32. The van der Waals surface area contributed by atoms with Crippen molar-refractivity contribution in [1.82, 2.24) is 5.32 Å². The maximum atomic E-state index is 3.66. The molecule has 19 heavy (non-hydrogen) atoms. The van der Waals surface area contributed by atoms with Crippen LogP contribution in [0.2, 0.25) is 0 Å². The smallest absolute Gasteiger partial charge is 0.0302 e. The van der Waals surface area contributed by atoms with Crippen LogP contribution in [0.3, 0.4) is 0 Å². The normalized spacial score (nSPS) is 18.6. The van der Waals surface area contributed by atoms with Crippen LogP contribution in [0.1, 0.15) is 24.1 Å². The molecule has 0 radical (unpaired) electrons. The van der Waals surface area contributed by atoms with Gasteiger partial charge in [-0.05, 0) is 41.8 Å². The number of hydrogen-bond acceptors (Lipinski definition) is 2. The number of allylic oxidation sites excluding steroid dienone is 1. The van der Waals surface area contributed by atoms with Crippen LogP contribution in [0.5, 0.6) is 0 Å². The maximum Gasteiger partial charge on any atom is 0.0302 e. The lowest BCUT2D eigenvalue weighted by molar-refractivity contribution is 0.476. The highest BCUT2D eigenvalue weighted by Crippen LogP contribution is 2.25. The van der Waals surface area contributed by atoms with Gasteiger partial charge in [0.15, 0.2) is 0 Å². The summed E-state index contributed by atoms with van der Waals surface area (Å²) in [5, 5.41) is 5.92. The molecular weight excluding hydrogens is 250 g/mol. The predicted octanol–water partition coefficient (Wildman–Crippen LogP) is 4.61. The first-order valence-corrected chi connectivity index (χ1v) is 7.81. The van der Waals surface area contributed by atoms with E-state index in [-0.39, 0.29) is 0 Å². The molecule has 1 atom stereocenters. The third-order valence-corrected chi connectivity index (χ3v) is 4.53. The van der Waals surface area contributed by atoms with Gasteiger partial charge in [0.25, 0.3) is 0 Å². The number of benzene rings is 1. The Bertz CT molecular complexity index is 541. The minimum absolute atomic E-state index is 0.660. The standard InChI is InChI=1S/C17H19NS/c1-3-7-14(8-4-1)15-11-17(19-13-15)12-18-16-9-5-2-6-10-16/h1-5,7-8,11,13,16,18H,6,9-10,12H2. The van der Waals surface area contributed by atoms with Crippen molar-refractivity contribution in [3.8, 4) is 11.1 Å². The zero-order valence-electron chi connectivity index (χ0n) is 11.0. The number of thiophene rings is 1. The summed E-state index contributed by atoms with van der Waals surface area (Å²) in [6.45, 7) is 0.996. The number of nitrogens with one attached hydrogen (secondary N) is 1.